The standard InChI is InChI=1S/C18H15NO5S/c1-10-6-12-7-16-23-18(12)13-8-15(20)19(17(10)13)9-11-4-2-3-5-14(11)25(21,22)24-16/h2-6,16H,7-9H2,1H3. The van der Waals surface area contributed by atoms with Crippen molar-refractivity contribution in [2.75, 3.05) is 4.90 Å². The number of fused-ring (bicyclic) bond motifs is 2. The van der Waals surface area contributed by atoms with Crippen LogP contribution in [0.3, 0.4) is 0 Å². The van der Waals surface area contributed by atoms with E-state index in [2.05, 4.69) is 0 Å². The lowest BCUT2D eigenvalue weighted by Crippen LogP contribution is -2.28. The Hall–Kier alpha value is -2.38. The molecule has 0 aliphatic carbocycles. The molecule has 25 heavy (non-hydrogen) atoms. The van der Waals surface area contributed by atoms with Gasteiger partial charge in [-0.25, -0.2) is 4.18 Å². The van der Waals surface area contributed by atoms with Crippen LogP contribution in [0.25, 0.3) is 0 Å². The number of nitrogens with zero attached hydrogens (tertiary/aromatic N) is 1. The highest BCUT2D eigenvalue weighted by molar-refractivity contribution is 7.86. The van der Waals surface area contributed by atoms with Crippen LogP contribution in [0.1, 0.15) is 22.3 Å². The van der Waals surface area contributed by atoms with E-state index in [0.29, 0.717) is 17.7 Å². The second-order valence-corrected chi connectivity index (χ2v) is 8.12. The van der Waals surface area contributed by atoms with E-state index in [-0.39, 0.29) is 23.8 Å². The van der Waals surface area contributed by atoms with Crippen LogP contribution in [-0.2, 0) is 38.5 Å². The number of carbonyl (C=O) groups is 1. The number of rotatable bonds is 0. The van der Waals surface area contributed by atoms with Crippen molar-refractivity contribution in [3.05, 3.63) is 52.6 Å². The van der Waals surface area contributed by atoms with Crippen LogP contribution >= 0.6 is 0 Å². The number of ether oxygens (including phenoxy) is 1. The quantitative estimate of drug-likeness (QED) is 0.675. The molecule has 1 atom stereocenters. The first-order valence-electron chi connectivity index (χ1n) is 8.07. The number of hydrogen-bond donors (Lipinski definition) is 0. The molecule has 5 bridgehead atoms. The van der Waals surface area contributed by atoms with Crippen LogP contribution < -0.4 is 9.64 Å². The summed E-state index contributed by atoms with van der Waals surface area (Å²) in [5.41, 5.74) is 4.08. The second kappa shape index (κ2) is 4.83. The number of aryl methyl sites for hydroxylation is 1. The Balaban J connectivity index is 1.79. The zero-order valence-corrected chi connectivity index (χ0v) is 14.3. The van der Waals surface area contributed by atoms with Gasteiger partial charge in [0.1, 0.15) is 5.75 Å². The smallest absolute Gasteiger partial charge is 0.300 e. The molecule has 0 saturated heterocycles. The molecule has 0 radical (unpaired) electrons. The molecular formula is C18H15NO5S. The molecule has 0 N–H and O–H groups in total. The number of benzene rings is 2. The van der Waals surface area contributed by atoms with E-state index in [1.54, 1.807) is 23.1 Å². The lowest BCUT2D eigenvalue weighted by Gasteiger charge is -2.21. The Morgan fingerprint density at radius 2 is 2.00 bits per heavy atom. The van der Waals surface area contributed by atoms with Gasteiger partial charge in [0.05, 0.1) is 23.5 Å². The molecule has 7 heteroatoms. The molecule has 0 saturated carbocycles. The minimum Gasteiger partial charge on any atom is -0.463 e. The van der Waals surface area contributed by atoms with E-state index in [1.807, 2.05) is 13.0 Å². The number of hydrogen-bond acceptors (Lipinski definition) is 5. The van der Waals surface area contributed by atoms with E-state index >= 15 is 0 Å². The Kier molecular flexibility index (Phi) is 2.88. The normalized spacial score (nSPS) is 22.5. The van der Waals surface area contributed by atoms with Crippen molar-refractivity contribution in [1.82, 2.24) is 0 Å². The van der Waals surface area contributed by atoms with Gasteiger partial charge in [-0.1, -0.05) is 24.3 Å². The predicted octanol–water partition coefficient (Wildman–Crippen LogP) is 2.06. The maximum Gasteiger partial charge on any atom is 0.300 e. The van der Waals surface area contributed by atoms with E-state index in [0.717, 1.165) is 22.4 Å². The van der Waals surface area contributed by atoms with Crippen LogP contribution in [0.15, 0.2) is 35.2 Å². The highest BCUT2D eigenvalue weighted by Gasteiger charge is 2.40. The van der Waals surface area contributed by atoms with Gasteiger partial charge in [0.25, 0.3) is 0 Å². The van der Waals surface area contributed by atoms with Crippen LogP contribution in [0.2, 0.25) is 0 Å². The Morgan fingerprint density at radius 1 is 1.20 bits per heavy atom. The fourth-order valence-electron chi connectivity index (χ4n) is 3.96. The van der Waals surface area contributed by atoms with Gasteiger partial charge in [-0.2, -0.15) is 8.42 Å². The maximum absolute atomic E-state index is 12.7. The Bertz CT molecular complexity index is 1040. The third-order valence-corrected chi connectivity index (χ3v) is 6.36. The third kappa shape index (κ3) is 2.06. The predicted molar refractivity (Wildman–Crippen MR) is 88.9 cm³/mol. The van der Waals surface area contributed by atoms with Crippen LogP contribution in [0, 0.1) is 6.92 Å². The summed E-state index contributed by atoms with van der Waals surface area (Å²) in [6.07, 6.45) is -0.291. The zero-order valence-electron chi connectivity index (χ0n) is 13.5. The molecule has 5 rings (SSSR count). The molecule has 3 heterocycles. The lowest BCUT2D eigenvalue weighted by molar-refractivity contribution is -0.117. The van der Waals surface area contributed by atoms with E-state index in [4.69, 9.17) is 8.92 Å². The third-order valence-electron chi connectivity index (χ3n) is 4.96. The molecule has 0 spiro atoms. The molecule has 3 aliphatic rings. The van der Waals surface area contributed by atoms with Crippen molar-refractivity contribution in [1.29, 1.82) is 0 Å². The average molecular weight is 357 g/mol. The van der Waals surface area contributed by atoms with Gasteiger partial charge in [0.15, 0.2) is 0 Å². The molecule has 2 aromatic rings. The number of amides is 1. The average Bonchev–Trinajstić information content (AvgIpc) is 3.08. The van der Waals surface area contributed by atoms with Crippen molar-refractivity contribution in [2.24, 2.45) is 0 Å². The fourth-order valence-corrected chi connectivity index (χ4v) is 5.15. The summed E-state index contributed by atoms with van der Waals surface area (Å²) in [6.45, 7) is 2.15. The minimum atomic E-state index is -3.99. The first kappa shape index (κ1) is 14.9. The highest BCUT2D eigenvalue weighted by atomic mass is 32.2. The summed E-state index contributed by atoms with van der Waals surface area (Å²) >= 11 is 0. The topological polar surface area (TPSA) is 72.9 Å². The van der Waals surface area contributed by atoms with Gasteiger partial charge in [-0.15, -0.1) is 0 Å². The van der Waals surface area contributed by atoms with Crippen molar-refractivity contribution in [2.45, 2.75) is 37.5 Å². The molecule has 3 aliphatic heterocycles. The highest BCUT2D eigenvalue weighted by Crippen LogP contribution is 2.46. The maximum atomic E-state index is 12.7. The lowest BCUT2D eigenvalue weighted by atomic mass is 10.0. The second-order valence-electron chi connectivity index (χ2n) is 6.58. The van der Waals surface area contributed by atoms with Crippen molar-refractivity contribution in [3.8, 4) is 5.75 Å². The van der Waals surface area contributed by atoms with Gasteiger partial charge in [0, 0.05) is 17.5 Å². The van der Waals surface area contributed by atoms with Crippen LogP contribution in [0.4, 0.5) is 5.69 Å². The molecule has 6 nitrogen and oxygen atoms in total. The summed E-state index contributed by atoms with van der Waals surface area (Å²) in [5.74, 6) is 0.551. The summed E-state index contributed by atoms with van der Waals surface area (Å²) in [5, 5.41) is 0. The van der Waals surface area contributed by atoms with Gasteiger partial charge in [0.2, 0.25) is 12.2 Å². The Morgan fingerprint density at radius 3 is 2.84 bits per heavy atom. The summed E-state index contributed by atoms with van der Waals surface area (Å²) in [4.78, 5) is 14.4. The molecule has 128 valence electrons. The van der Waals surface area contributed by atoms with E-state index in [1.165, 1.54) is 6.07 Å². The molecule has 1 unspecified atom stereocenters. The summed E-state index contributed by atoms with van der Waals surface area (Å²) in [7, 11) is -3.99. The molecule has 0 aromatic heterocycles. The monoisotopic (exact) mass is 357 g/mol. The fraction of sp³-hybridized carbons (Fsp3) is 0.278. The first-order valence-corrected chi connectivity index (χ1v) is 9.48. The van der Waals surface area contributed by atoms with Crippen molar-refractivity contribution < 1.29 is 22.1 Å². The van der Waals surface area contributed by atoms with Gasteiger partial charge >= 0.3 is 10.1 Å². The van der Waals surface area contributed by atoms with Gasteiger partial charge < -0.3 is 9.64 Å². The van der Waals surface area contributed by atoms with Crippen molar-refractivity contribution in [3.63, 3.8) is 0 Å². The van der Waals surface area contributed by atoms with Crippen LogP contribution in [0.5, 0.6) is 5.75 Å². The summed E-state index contributed by atoms with van der Waals surface area (Å²) in [6, 6.07) is 8.59. The molecular weight excluding hydrogens is 342 g/mol. The van der Waals surface area contributed by atoms with Crippen molar-refractivity contribution >= 4 is 21.7 Å². The molecule has 0 fully saturated rings. The number of anilines is 1. The Labute approximate surface area is 145 Å². The molecule has 1 amide bonds. The minimum absolute atomic E-state index is 0.0488. The SMILES string of the molecule is Cc1cc2c3c4c1N(Cc1ccccc1S(=O)(=O)OC(C2)O3)C(=O)C4. The van der Waals surface area contributed by atoms with Crippen LogP contribution in [-0.4, -0.2) is 20.6 Å². The molecule has 2 aromatic carbocycles. The largest absolute Gasteiger partial charge is 0.463 e. The van der Waals surface area contributed by atoms with E-state index in [9.17, 15) is 13.2 Å². The first-order chi connectivity index (χ1) is 11.9. The van der Waals surface area contributed by atoms with E-state index < -0.39 is 16.4 Å². The summed E-state index contributed by atoms with van der Waals surface area (Å²) < 4.78 is 36.6. The van der Waals surface area contributed by atoms with Gasteiger partial charge in [-0.05, 0) is 24.1 Å². The van der Waals surface area contributed by atoms with Gasteiger partial charge in [-0.3, -0.25) is 4.79 Å². The zero-order chi connectivity index (χ0) is 17.3. The number of carbonyl (C=O) groups excluding carboxylic acids is 1.